The van der Waals surface area contributed by atoms with E-state index in [1.807, 2.05) is 42.5 Å². The number of nitrogens with one attached hydrogen (secondary N) is 1. The van der Waals surface area contributed by atoms with Crippen molar-refractivity contribution in [2.24, 2.45) is 0 Å². The topological polar surface area (TPSA) is 81.5 Å². The first-order valence-electron chi connectivity index (χ1n) is 9.18. The lowest BCUT2D eigenvalue weighted by atomic mass is 9.97. The molecule has 0 atom stereocenters. The van der Waals surface area contributed by atoms with Crippen LogP contribution in [0, 0.1) is 0 Å². The number of pyridine rings is 1. The average Bonchev–Trinajstić information content (AvgIpc) is 3.30. The van der Waals surface area contributed by atoms with Gasteiger partial charge in [0.2, 0.25) is 0 Å². The van der Waals surface area contributed by atoms with Crippen LogP contribution < -0.4 is 10.3 Å². The zero-order valence-corrected chi connectivity index (χ0v) is 15.2. The molecule has 0 amide bonds. The molecule has 0 saturated carbocycles. The zero-order chi connectivity index (χ0) is 19.3. The van der Waals surface area contributed by atoms with Crippen LogP contribution in [0.3, 0.4) is 0 Å². The van der Waals surface area contributed by atoms with Crippen molar-refractivity contribution < 1.29 is 18.7 Å². The number of esters is 1. The van der Waals surface area contributed by atoms with Gasteiger partial charge in [0.05, 0.1) is 18.7 Å². The highest BCUT2D eigenvalue weighted by Gasteiger charge is 2.26. The Morgan fingerprint density at radius 2 is 2.07 bits per heavy atom. The number of aromatic amines is 1. The maximum Gasteiger partial charge on any atom is 0.344 e. The molecule has 1 N–H and O–H groups in total. The first kappa shape index (κ1) is 16.6. The summed E-state index contributed by atoms with van der Waals surface area (Å²) in [5.74, 6) is 0.157. The predicted octanol–water partition coefficient (Wildman–Crippen LogP) is 4.05. The third kappa shape index (κ3) is 2.41. The van der Waals surface area contributed by atoms with Crippen molar-refractivity contribution in [2.75, 3.05) is 13.2 Å². The molecule has 4 aromatic rings. The van der Waals surface area contributed by atoms with Crippen molar-refractivity contribution in [3.8, 4) is 16.9 Å². The number of ether oxygens (including phenoxy) is 2. The van der Waals surface area contributed by atoms with Crippen LogP contribution in [-0.2, 0) is 11.2 Å². The Balaban J connectivity index is 1.89. The number of furan rings is 1. The molecule has 0 saturated heterocycles. The van der Waals surface area contributed by atoms with E-state index in [0.29, 0.717) is 28.9 Å². The summed E-state index contributed by atoms with van der Waals surface area (Å²) in [5, 5.41) is 0.788. The van der Waals surface area contributed by atoms with Gasteiger partial charge in [0.15, 0.2) is 5.58 Å². The van der Waals surface area contributed by atoms with Crippen LogP contribution in [0.15, 0.2) is 51.7 Å². The standard InChI is InChI=1S/C22H17NO5/c1-2-26-22(25)18-17(13-7-8-15-12(11-13)9-10-27-15)20-19(23-21(18)24)14-5-3-4-6-16(14)28-20/h3-8,11H,2,9-10H2,1H3,(H,23,24). The van der Waals surface area contributed by atoms with Crippen LogP contribution in [0.1, 0.15) is 22.8 Å². The fourth-order valence-corrected chi connectivity index (χ4v) is 3.76. The molecule has 2 aromatic heterocycles. The molecular weight excluding hydrogens is 358 g/mol. The molecule has 0 radical (unpaired) electrons. The third-order valence-electron chi connectivity index (χ3n) is 5.00. The van der Waals surface area contributed by atoms with Crippen molar-refractivity contribution in [1.29, 1.82) is 0 Å². The highest BCUT2D eigenvalue weighted by molar-refractivity contribution is 6.12. The Labute approximate surface area is 159 Å². The summed E-state index contributed by atoms with van der Waals surface area (Å²) in [5.41, 5.74) is 3.34. The molecule has 5 rings (SSSR count). The van der Waals surface area contributed by atoms with E-state index in [2.05, 4.69) is 4.98 Å². The lowest BCUT2D eigenvalue weighted by Gasteiger charge is -2.10. The molecule has 6 heteroatoms. The molecule has 0 bridgehead atoms. The van der Waals surface area contributed by atoms with Crippen LogP contribution in [0.2, 0.25) is 0 Å². The van der Waals surface area contributed by atoms with Gasteiger partial charge in [0.25, 0.3) is 5.56 Å². The highest BCUT2D eigenvalue weighted by Crippen LogP contribution is 2.38. The predicted molar refractivity (Wildman–Crippen MR) is 105 cm³/mol. The number of aromatic nitrogens is 1. The van der Waals surface area contributed by atoms with Gasteiger partial charge in [-0.3, -0.25) is 4.79 Å². The van der Waals surface area contributed by atoms with Gasteiger partial charge >= 0.3 is 5.97 Å². The molecule has 1 aliphatic heterocycles. The van der Waals surface area contributed by atoms with E-state index in [-0.39, 0.29) is 12.2 Å². The van der Waals surface area contributed by atoms with E-state index < -0.39 is 11.5 Å². The number of hydrogen-bond donors (Lipinski definition) is 1. The van der Waals surface area contributed by atoms with E-state index in [0.717, 1.165) is 28.7 Å². The van der Waals surface area contributed by atoms with Crippen LogP contribution in [-0.4, -0.2) is 24.2 Å². The van der Waals surface area contributed by atoms with Crippen molar-refractivity contribution in [2.45, 2.75) is 13.3 Å². The zero-order valence-electron chi connectivity index (χ0n) is 15.2. The summed E-state index contributed by atoms with van der Waals surface area (Å²) in [7, 11) is 0. The Morgan fingerprint density at radius 1 is 1.21 bits per heavy atom. The van der Waals surface area contributed by atoms with Gasteiger partial charge < -0.3 is 18.9 Å². The van der Waals surface area contributed by atoms with Crippen molar-refractivity contribution >= 4 is 28.0 Å². The van der Waals surface area contributed by atoms with Gasteiger partial charge in [-0.2, -0.15) is 0 Å². The highest BCUT2D eigenvalue weighted by atomic mass is 16.5. The monoisotopic (exact) mass is 375 g/mol. The molecule has 2 aromatic carbocycles. The number of hydrogen-bond acceptors (Lipinski definition) is 5. The fourth-order valence-electron chi connectivity index (χ4n) is 3.76. The van der Waals surface area contributed by atoms with Crippen LogP contribution in [0.5, 0.6) is 5.75 Å². The number of fused-ring (bicyclic) bond motifs is 4. The second kappa shape index (κ2) is 6.27. The SMILES string of the molecule is CCOC(=O)c1c(-c2ccc3c(c2)CCO3)c2oc3ccccc3c2[nH]c1=O. The van der Waals surface area contributed by atoms with Crippen molar-refractivity contribution in [3.63, 3.8) is 0 Å². The molecular formula is C22H17NO5. The maximum absolute atomic E-state index is 12.9. The van der Waals surface area contributed by atoms with E-state index in [4.69, 9.17) is 13.9 Å². The van der Waals surface area contributed by atoms with Gasteiger partial charge in [0, 0.05) is 17.4 Å². The van der Waals surface area contributed by atoms with Crippen molar-refractivity contribution in [3.05, 3.63) is 63.9 Å². The van der Waals surface area contributed by atoms with E-state index in [1.165, 1.54) is 0 Å². The summed E-state index contributed by atoms with van der Waals surface area (Å²) in [6, 6.07) is 13.1. The number of para-hydroxylation sites is 1. The van der Waals surface area contributed by atoms with E-state index >= 15 is 0 Å². The minimum atomic E-state index is -0.669. The number of carbonyl (C=O) groups excluding carboxylic acids is 1. The smallest absolute Gasteiger partial charge is 0.344 e. The van der Waals surface area contributed by atoms with Crippen LogP contribution in [0.25, 0.3) is 33.2 Å². The van der Waals surface area contributed by atoms with Gasteiger partial charge in [0.1, 0.15) is 16.9 Å². The summed E-state index contributed by atoms with van der Waals surface area (Å²) in [6.45, 7) is 2.51. The van der Waals surface area contributed by atoms with Crippen LogP contribution in [0.4, 0.5) is 0 Å². The molecule has 140 valence electrons. The molecule has 1 aliphatic rings. The minimum absolute atomic E-state index is 0.0488. The maximum atomic E-state index is 12.9. The number of benzene rings is 2. The van der Waals surface area contributed by atoms with Gasteiger partial charge in [-0.15, -0.1) is 0 Å². The summed E-state index contributed by atoms with van der Waals surface area (Å²) in [4.78, 5) is 28.3. The van der Waals surface area contributed by atoms with Gasteiger partial charge in [-0.25, -0.2) is 4.79 Å². The second-order valence-electron chi connectivity index (χ2n) is 6.65. The molecule has 28 heavy (non-hydrogen) atoms. The Morgan fingerprint density at radius 3 is 2.93 bits per heavy atom. The summed E-state index contributed by atoms with van der Waals surface area (Å²) >= 11 is 0. The summed E-state index contributed by atoms with van der Waals surface area (Å²) < 4.78 is 16.8. The molecule has 0 aliphatic carbocycles. The quantitative estimate of drug-likeness (QED) is 0.546. The van der Waals surface area contributed by atoms with Crippen LogP contribution >= 0.6 is 0 Å². The van der Waals surface area contributed by atoms with Crippen molar-refractivity contribution in [1.82, 2.24) is 4.98 Å². The average molecular weight is 375 g/mol. The Bertz CT molecular complexity index is 1300. The first-order valence-corrected chi connectivity index (χ1v) is 9.18. The molecule has 0 spiro atoms. The number of rotatable bonds is 3. The first-order chi connectivity index (χ1) is 13.7. The summed E-state index contributed by atoms with van der Waals surface area (Å²) in [6.07, 6.45) is 0.782. The lowest BCUT2D eigenvalue weighted by molar-refractivity contribution is 0.0525. The number of H-pyrrole nitrogens is 1. The van der Waals surface area contributed by atoms with E-state index in [1.54, 1.807) is 6.92 Å². The molecule has 0 fully saturated rings. The largest absolute Gasteiger partial charge is 0.493 e. The Hall–Kier alpha value is -3.54. The second-order valence-corrected chi connectivity index (χ2v) is 6.65. The fraction of sp³-hybridized carbons (Fsp3) is 0.182. The van der Waals surface area contributed by atoms with E-state index in [9.17, 15) is 9.59 Å². The molecule has 0 unspecified atom stereocenters. The molecule has 6 nitrogen and oxygen atoms in total. The normalized spacial score (nSPS) is 12.9. The van der Waals surface area contributed by atoms with Gasteiger partial charge in [-0.1, -0.05) is 18.2 Å². The lowest BCUT2D eigenvalue weighted by Crippen LogP contribution is -2.21. The molecule has 3 heterocycles. The third-order valence-corrected chi connectivity index (χ3v) is 5.00. The van der Waals surface area contributed by atoms with Gasteiger partial charge in [-0.05, 0) is 42.3 Å². The number of carbonyl (C=O) groups is 1. The Kier molecular flexibility index (Phi) is 3.72. The minimum Gasteiger partial charge on any atom is -0.493 e.